The quantitative estimate of drug-likeness (QED) is 0.791. The Morgan fingerprint density at radius 2 is 1.80 bits per heavy atom. The highest BCUT2D eigenvalue weighted by Crippen LogP contribution is 2.09. The molecule has 1 rings (SSSR count). The molecule has 4 nitrogen and oxygen atoms in total. The van der Waals surface area contributed by atoms with Gasteiger partial charge in [0.15, 0.2) is 0 Å². The first-order valence-electron chi connectivity index (χ1n) is 6.93. The summed E-state index contributed by atoms with van der Waals surface area (Å²) in [6.07, 6.45) is 0.810. The van der Waals surface area contributed by atoms with Crippen LogP contribution in [0.4, 0.5) is 0 Å². The number of Topliss-reactive ketones (excluding diaryl/α,β-unsaturated/α-hetero) is 1. The molecule has 0 amide bonds. The third kappa shape index (κ3) is 5.13. The zero-order chi connectivity index (χ0) is 15.1. The molecule has 2 unspecified atom stereocenters. The Bertz CT molecular complexity index is 444. The molecule has 0 aliphatic rings. The smallest absolute Gasteiger partial charge is 0.307 e. The van der Waals surface area contributed by atoms with E-state index in [1.165, 1.54) is 5.56 Å². The van der Waals surface area contributed by atoms with Crippen molar-refractivity contribution in [2.24, 2.45) is 5.92 Å². The topological polar surface area (TPSA) is 57.6 Å². The van der Waals surface area contributed by atoms with Crippen molar-refractivity contribution in [3.8, 4) is 0 Å². The average Bonchev–Trinajstić information content (AvgIpc) is 2.43. The molecule has 1 N–H and O–H groups in total. The molecule has 0 aromatic heterocycles. The zero-order valence-electron chi connectivity index (χ0n) is 12.4. The van der Waals surface area contributed by atoms with E-state index in [-0.39, 0.29) is 11.8 Å². The molecule has 1 aromatic carbocycles. The number of carboxylic acid groups (broad SMARTS) is 1. The van der Waals surface area contributed by atoms with E-state index in [0.29, 0.717) is 13.1 Å². The van der Waals surface area contributed by atoms with Crippen LogP contribution in [0.2, 0.25) is 0 Å². The van der Waals surface area contributed by atoms with E-state index in [0.717, 1.165) is 6.42 Å². The lowest BCUT2D eigenvalue weighted by Gasteiger charge is -2.28. The summed E-state index contributed by atoms with van der Waals surface area (Å²) in [5.74, 6) is -1.24. The second-order valence-electron chi connectivity index (χ2n) is 5.26. The number of aliphatic carboxylic acids is 1. The lowest BCUT2D eigenvalue weighted by molar-refractivity contribution is -0.142. The standard InChI is InChI=1S/C16H23NO3/c1-12(16(19)20)11-17(13(2)14(3)18)10-9-15-7-5-4-6-8-15/h4-8,12-13H,9-11H2,1-3H3,(H,19,20). The van der Waals surface area contributed by atoms with Gasteiger partial charge < -0.3 is 5.11 Å². The Balaban J connectivity index is 2.67. The maximum absolute atomic E-state index is 11.6. The van der Waals surface area contributed by atoms with Crippen molar-refractivity contribution in [3.05, 3.63) is 35.9 Å². The van der Waals surface area contributed by atoms with Crippen molar-refractivity contribution < 1.29 is 14.7 Å². The summed E-state index contributed by atoms with van der Waals surface area (Å²) >= 11 is 0. The number of carbonyl (C=O) groups excluding carboxylic acids is 1. The van der Waals surface area contributed by atoms with Crippen LogP contribution in [0.25, 0.3) is 0 Å². The molecule has 0 saturated carbocycles. The molecule has 0 saturated heterocycles. The van der Waals surface area contributed by atoms with Crippen LogP contribution in [0.3, 0.4) is 0 Å². The van der Waals surface area contributed by atoms with E-state index in [9.17, 15) is 9.59 Å². The fraction of sp³-hybridized carbons (Fsp3) is 0.500. The molecule has 0 bridgehead atoms. The second kappa shape index (κ2) is 7.80. The highest BCUT2D eigenvalue weighted by Gasteiger charge is 2.22. The number of ketones is 1. The summed E-state index contributed by atoms with van der Waals surface area (Å²) in [4.78, 5) is 24.5. The number of carbonyl (C=O) groups is 2. The molecule has 4 heteroatoms. The summed E-state index contributed by atoms with van der Waals surface area (Å²) in [5, 5.41) is 9.02. The SMILES string of the molecule is CC(=O)C(C)N(CCc1ccccc1)CC(C)C(=O)O. The lowest BCUT2D eigenvalue weighted by atomic mass is 10.1. The van der Waals surface area contributed by atoms with Gasteiger partial charge in [-0.25, -0.2) is 0 Å². The Hall–Kier alpha value is -1.68. The molecule has 0 aliphatic heterocycles. The third-order valence-electron chi connectivity index (χ3n) is 3.60. The Labute approximate surface area is 120 Å². The van der Waals surface area contributed by atoms with Gasteiger partial charge in [-0.05, 0) is 25.8 Å². The number of hydrogen-bond acceptors (Lipinski definition) is 3. The molecule has 20 heavy (non-hydrogen) atoms. The van der Waals surface area contributed by atoms with Gasteiger partial charge in [-0.2, -0.15) is 0 Å². The fourth-order valence-electron chi connectivity index (χ4n) is 2.05. The van der Waals surface area contributed by atoms with Gasteiger partial charge in [0.2, 0.25) is 0 Å². The number of carboxylic acids is 1. The normalized spacial score (nSPS) is 14.0. The van der Waals surface area contributed by atoms with E-state index in [1.54, 1.807) is 13.8 Å². The third-order valence-corrected chi connectivity index (χ3v) is 3.60. The second-order valence-corrected chi connectivity index (χ2v) is 5.26. The molecule has 1 aromatic rings. The minimum atomic E-state index is -0.828. The highest BCUT2D eigenvalue weighted by molar-refractivity contribution is 5.81. The largest absolute Gasteiger partial charge is 0.481 e. The van der Waals surface area contributed by atoms with Crippen LogP contribution in [0.5, 0.6) is 0 Å². The minimum Gasteiger partial charge on any atom is -0.481 e. The van der Waals surface area contributed by atoms with Crippen molar-refractivity contribution in [3.63, 3.8) is 0 Å². The molecule has 0 aliphatic carbocycles. The summed E-state index contributed by atoms with van der Waals surface area (Å²) in [5.41, 5.74) is 1.19. The van der Waals surface area contributed by atoms with Crippen molar-refractivity contribution in [2.45, 2.75) is 33.2 Å². The first-order valence-corrected chi connectivity index (χ1v) is 6.93. The first kappa shape index (κ1) is 16.4. The first-order chi connectivity index (χ1) is 9.41. The molecular weight excluding hydrogens is 254 g/mol. The predicted octanol–water partition coefficient (Wildman–Crippen LogP) is 2.23. The molecule has 2 atom stereocenters. The summed E-state index contributed by atoms with van der Waals surface area (Å²) in [6, 6.07) is 9.75. The van der Waals surface area contributed by atoms with Crippen molar-refractivity contribution in [1.29, 1.82) is 0 Å². The monoisotopic (exact) mass is 277 g/mol. The van der Waals surface area contributed by atoms with E-state index < -0.39 is 11.9 Å². The highest BCUT2D eigenvalue weighted by atomic mass is 16.4. The summed E-state index contributed by atoms with van der Waals surface area (Å²) in [7, 11) is 0. The van der Waals surface area contributed by atoms with Crippen molar-refractivity contribution in [1.82, 2.24) is 4.90 Å². The van der Waals surface area contributed by atoms with Gasteiger partial charge in [0.25, 0.3) is 0 Å². The number of nitrogens with zero attached hydrogens (tertiary/aromatic N) is 1. The van der Waals surface area contributed by atoms with Gasteiger partial charge in [0.1, 0.15) is 5.78 Å². The number of hydrogen-bond donors (Lipinski definition) is 1. The Morgan fingerprint density at radius 1 is 1.20 bits per heavy atom. The van der Waals surface area contributed by atoms with E-state index in [4.69, 9.17) is 5.11 Å². The molecule has 0 fully saturated rings. The zero-order valence-corrected chi connectivity index (χ0v) is 12.4. The Kier molecular flexibility index (Phi) is 6.39. The predicted molar refractivity (Wildman–Crippen MR) is 78.7 cm³/mol. The fourth-order valence-corrected chi connectivity index (χ4v) is 2.05. The Morgan fingerprint density at radius 3 is 2.30 bits per heavy atom. The van der Waals surface area contributed by atoms with E-state index >= 15 is 0 Å². The molecule has 0 radical (unpaired) electrons. The van der Waals surface area contributed by atoms with E-state index in [1.807, 2.05) is 42.2 Å². The van der Waals surface area contributed by atoms with E-state index in [2.05, 4.69) is 0 Å². The maximum Gasteiger partial charge on any atom is 0.307 e. The van der Waals surface area contributed by atoms with Gasteiger partial charge in [-0.3, -0.25) is 14.5 Å². The van der Waals surface area contributed by atoms with Gasteiger partial charge in [0, 0.05) is 13.1 Å². The molecule has 0 spiro atoms. The molecular formula is C16H23NO3. The van der Waals surface area contributed by atoms with Crippen molar-refractivity contribution in [2.75, 3.05) is 13.1 Å². The van der Waals surface area contributed by atoms with Crippen LogP contribution in [-0.4, -0.2) is 40.9 Å². The van der Waals surface area contributed by atoms with Crippen LogP contribution in [0, 0.1) is 5.92 Å². The summed E-state index contributed by atoms with van der Waals surface area (Å²) in [6.45, 7) is 6.13. The van der Waals surface area contributed by atoms with Crippen molar-refractivity contribution >= 4 is 11.8 Å². The molecule has 110 valence electrons. The lowest BCUT2D eigenvalue weighted by Crippen LogP contribution is -2.43. The van der Waals surface area contributed by atoms with Gasteiger partial charge in [0.05, 0.1) is 12.0 Å². The van der Waals surface area contributed by atoms with Gasteiger partial charge >= 0.3 is 5.97 Å². The van der Waals surface area contributed by atoms with Gasteiger partial charge in [-0.15, -0.1) is 0 Å². The van der Waals surface area contributed by atoms with Crippen LogP contribution >= 0.6 is 0 Å². The van der Waals surface area contributed by atoms with Gasteiger partial charge in [-0.1, -0.05) is 37.3 Å². The van der Waals surface area contributed by atoms with Crippen LogP contribution in [0.1, 0.15) is 26.3 Å². The van der Waals surface area contributed by atoms with Crippen LogP contribution < -0.4 is 0 Å². The molecule has 0 heterocycles. The minimum absolute atomic E-state index is 0.0654. The van der Waals surface area contributed by atoms with Crippen LogP contribution in [0.15, 0.2) is 30.3 Å². The summed E-state index contributed by atoms with van der Waals surface area (Å²) < 4.78 is 0. The number of benzene rings is 1. The van der Waals surface area contributed by atoms with Crippen LogP contribution in [-0.2, 0) is 16.0 Å². The maximum atomic E-state index is 11.6. The average molecular weight is 277 g/mol. The number of rotatable bonds is 8.